The normalized spacial score (nSPS) is 15.0. The molecule has 1 saturated heterocycles. The van der Waals surface area contributed by atoms with Crippen molar-refractivity contribution in [2.24, 2.45) is 10.9 Å². The molecule has 2 heterocycles. The first-order chi connectivity index (χ1) is 13.9. The average molecular weight is 513 g/mol. The van der Waals surface area contributed by atoms with Crippen LogP contribution in [0.5, 0.6) is 0 Å². The van der Waals surface area contributed by atoms with Gasteiger partial charge >= 0.3 is 0 Å². The van der Waals surface area contributed by atoms with Crippen LogP contribution in [0.3, 0.4) is 0 Å². The summed E-state index contributed by atoms with van der Waals surface area (Å²) in [4.78, 5) is 8.44. The van der Waals surface area contributed by atoms with Crippen LogP contribution in [0.1, 0.15) is 24.8 Å². The van der Waals surface area contributed by atoms with Gasteiger partial charge in [0.05, 0.1) is 12.0 Å². The third-order valence-electron chi connectivity index (χ3n) is 4.90. The van der Waals surface area contributed by atoms with Gasteiger partial charge in [0.1, 0.15) is 0 Å². The lowest BCUT2D eigenvalue weighted by Crippen LogP contribution is -2.37. The van der Waals surface area contributed by atoms with Crippen LogP contribution in [-0.4, -0.2) is 55.5 Å². The van der Waals surface area contributed by atoms with Gasteiger partial charge in [-0.2, -0.15) is 0 Å². The Balaban J connectivity index is 0.00000300. The molecule has 7 nitrogen and oxygen atoms in total. The Morgan fingerprint density at radius 1 is 1.28 bits per heavy atom. The van der Waals surface area contributed by atoms with Gasteiger partial charge in [-0.15, -0.1) is 24.0 Å². The van der Waals surface area contributed by atoms with E-state index in [4.69, 9.17) is 9.47 Å². The highest BCUT2D eigenvalue weighted by Gasteiger charge is 2.13. The molecule has 0 unspecified atom stereocenters. The third kappa shape index (κ3) is 7.94. The summed E-state index contributed by atoms with van der Waals surface area (Å²) in [6.07, 6.45) is 8.74. The summed E-state index contributed by atoms with van der Waals surface area (Å²) in [5.74, 6) is 1.46. The number of guanidine groups is 1. The zero-order valence-electron chi connectivity index (χ0n) is 17.0. The minimum atomic E-state index is 0. The number of benzene rings is 1. The predicted octanol–water partition coefficient (Wildman–Crippen LogP) is 2.99. The van der Waals surface area contributed by atoms with E-state index >= 15 is 0 Å². The van der Waals surface area contributed by atoms with Crippen molar-refractivity contribution in [1.82, 2.24) is 20.2 Å². The van der Waals surface area contributed by atoms with Crippen molar-refractivity contribution in [3.8, 4) is 5.69 Å². The van der Waals surface area contributed by atoms with Gasteiger partial charge in [-0.05, 0) is 36.8 Å². The van der Waals surface area contributed by atoms with E-state index in [-0.39, 0.29) is 24.0 Å². The van der Waals surface area contributed by atoms with E-state index in [1.165, 1.54) is 5.56 Å². The molecule has 0 bridgehead atoms. The fourth-order valence-electron chi connectivity index (χ4n) is 3.26. The Hall–Kier alpha value is -1.65. The number of rotatable bonds is 9. The number of halogens is 1. The summed E-state index contributed by atoms with van der Waals surface area (Å²) >= 11 is 0. The number of nitrogens with one attached hydrogen (secondary N) is 2. The number of imidazole rings is 1. The Kier molecular flexibility index (Phi) is 11.0. The second-order valence-corrected chi connectivity index (χ2v) is 6.94. The monoisotopic (exact) mass is 513 g/mol. The van der Waals surface area contributed by atoms with Gasteiger partial charge in [-0.25, -0.2) is 4.98 Å². The Labute approximate surface area is 190 Å². The topological polar surface area (TPSA) is 72.7 Å². The third-order valence-corrected chi connectivity index (χ3v) is 4.90. The van der Waals surface area contributed by atoms with Crippen LogP contribution in [0.2, 0.25) is 0 Å². The number of aliphatic imine (C=N–C) groups is 1. The number of aromatic nitrogens is 2. The molecule has 0 saturated carbocycles. The average Bonchev–Trinajstić information content (AvgIpc) is 3.28. The molecule has 0 aliphatic carbocycles. The fourth-order valence-corrected chi connectivity index (χ4v) is 3.26. The molecule has 160 valence electrons. The van der Waals surface area contributed by atoms with Gasteiger partial charge in [0.25, 0.3) is 0 Å². The number of para-hydroxylation sites is 1. The molecule has 29 heavy (non-hydrogen) atoms. The summed E-state index contributed by atoms with van der Waals surface area (Å²) in [5, 5.41) is 6.73. The smallest absolute Gasteiger partial charge is 0.191 e. The fraction of sp³-hybridized carbons (Fsp3) is 0.524. The lowest BCUT2D eigenvalue weighted by molar-refractivity contribution is 0.0203. The van der Waals surface area contributed by atoms with E-state index in [1.54, 1.807) is 13.2 Å². The van der Waals surface area contributed by atoms with Crippen molar-refractivity contribution in [2.75, 3.05) is 40.0 Å². The minimum Gasteiger partial charge on any atom is -0.381 e. The lowest BCUT2D eigenvalue weighted by atomic mass is 10.0. The molecule has 0 amide bonds. The van der Waals surface area contributed by atoms with Crippen molar-refractivity contribution in [3.63, 3.8) is 0 Å². The van der Waals surface area contributed by atoms with Gasteiger partial charge in [0.15, 0.2) is 5.96 Å². The Bertz CT molecular complexity index is 718. The second-order valence-electron chi connectivity index (χ2n) is 6.94. The Morgan fingerprint density at radius 2 is 2.10 bits per heavy atom. The molecule has 1 aliphatic rings. The quantitative estimate of drug-likeness (QED) is 0.234. The lowest BCUT2D eigenvalue weighted by Gasteiger charge is -2.21. The van der Waals surface area contributed by atoms with E-state index < -0.39 is 0 Å². The summed E-state index contributed by atoms with van der Waals surface area (Å²) in [6, 6.07) is 8.28. The van der Waals surface area contributed by atoms with E-state index in [9.17, 15) is 0 Å². The standard InChI is InChI=1S/C21H31N5O2.HI/c1-22-21(24-9-4-12-28-16-18-7-13-27-14-8-18)25-15-19-5-2-3-6-20(19)26-11-10-23-17-26;/h2-3,5-6,10-11,17-18H,4,7-9,12-16H2,1H3,(H2,22,24,25);1H. The van der Waals surface area contributed by atoms with Gasteiger partial charge in [-0.3, -0.25) is 4.99 Å². The van der Waals surface area contributed by atoms with Gasteiger partial charge in [0, 0.05) is 59.0 Å². The maximum absolute atomic E-state index is 5.81. The van der Waals surface area contributed by atoms with Crippen molar-refractivity contribution < 1.29 is 9.47 Å². The molecule has 1 aromatic carbocycles. The molecular formula is C21H32IN5O2. The van der Waals surface area contributed by atoms with Crippen LogP contribution in [0.25, 0.3) is 5.69 Å². The first-order valence-electron chi connectivity index (χ1n) is 10.0. The molecular weight excluding hydrogens is 481 g/mol. The van der Waals surface area contributed by atoms with Crippen LogP contribution < -0.4 is 10.6 Å². The first kappa shape index (κ1) is 23.6. The van der Waals surface area contributed by atoms with Crippen LogP contribution >= 0.6 is 24.0 Å². The SMILES string of the molecule is CN=C(NCCCOCC1CCOCC1)NCc1ccccc1-n1ccnc1.I. The molecule has 0 radical (unpaired) electrons. The maximum atomic E-state index is 5.81. The van der Waals surface area contributed by atoms with Crippen molar-refractivity contribution in [3.05, 3.63) is 48.5 Å². The predicted molar refractivity (Wildman–Crippen MR) is 126 cm³/mol. The zero-order valence-corrected chi connectivity index (χ0v) is 19.4. The summed E-state index contributed by atoms with van der Waals surface area (Å²) in [6.45, 7) is 4.89. The highest BCUT2D eigenvalue weighted by atomic mass is 127. The van der Waals surface area contributed by atoms with E-state index in [0.29, 0.717) is 12.5 Å². The largest absolute Gasteiger partial charge is 0.381 e. The summed E-state index contributed by atoms with van der Waals surface area (Å²) in [7, 11) is 1.79. The van der Waals surface area contributed by atoms with Crippen molar-refractivity contribution in [2.45, 2.75) is 25.8 Å². The van der Waals surface area contributed by atoms with Crippen LogP contribution in [0.15, 0.2) is 48.0 Å². The molecule has 8 heteroatoms. The molecule has 2 aromatic rings. The van der Waals surface area contributed by atoms with Crippen molar-refractivity contribution in [1.29, 1.82) is 0 Å². The molecule has 1 aromatic heterocycles. The van der Waals surface area contributed by atoms with Crippen LogP contribution in [0.4, 0.5) is 0 Å². The Morgan fingerprint density at radius 3 is 2.86 bits per heavy atom. The molecule has 0 atom stereocenters. The number of nitrogens with zero attached hydrogens (tertiary/aromatic N) is 3. The minimum absolute atomic E-state index is 0. The zero-order chi connectivity index (χ0) is 19.4. The van der Waals surface area contributed by atoms with Crippen LogP contribution in [-0.2, 0) is 16.0 Å². The first-order valence-corrected chi connectivity index (χ1v) is 10.0. The molecule has 0 spiro atoms. The highest BCUT2D eigenvalue weighted by molar-refractivity contribution is 14.0. The van der Waals surface area contributed by atoms with E-state index in [1.807, 2.05) is 29.2 Å². The van der Waals surface area contributed by atoms with E-state index in [2.05, 4.69) is 32.7 Å². The molecule has 2 N–H and O–H groups in total. The van der Waals surface area contributed by atoms with E-state index in [0.717, 1.165) is 63.9 Å². The number of hydrogen-bond acceptors (Lipinski definition) is 4. The van der Waals surface area contributed by atoms with Gasteiger partial charge in [0.2, 0.25) is 0 Å². The van der Waals surface area contributed by atoms with Gasteiger partial charge in [-0.1, -0.05) is 18.2 Å². The number of hydrogen-bond donors (Lipinski definition) is 2. The molecule has 1 fully saturated rings. The molecule has 1 aliphatic heterocycles. The van der Waals surface area contributed by atoms with Crippen LogP contribution in [0, 0.1) is 5.92 Å². The number of ether oxygens (including phenoxy) is 2. The molecule has 3 rings (SSSR count). The second kappa shape index (κ2) is 13.6. The van der Waals surface area contributed by atoms with Crippen molar-refractivity contribution >= 4 is 29.9 Å². The highest BCUT2D eigenvalue weighted by Crippen LogP contribution is 2.15. The maximum Gasteiger partial charge on any atom is 0.191 e. The summed E-state index contributed by atoms with van der Waals surface area (Å²) in [5.41, 5.74) is 2.30. The van der Waals surface area contributed by atoms with Gasteiger partial charge < -0.3 is 24.7 Å². The summed E-state index contributed by atoms with van der Waals surface area (Å²) < 4.78 is 13.2.